The first-order chi connectivity index (χ1) is 13.3. The van der Waals surface area contributed by atoms with Crippen molar-refractivity contribution in [2.45, 2.75) is 20.0 Å². The molecule has 3 heterocycles. The number of pyridine rings is 1. The second-order valence-electron chi connectivity index (χ2n) is 6.10. The van der Waals surface area contributed by atoms with Gasteiger partial charge < -0.3 is 5.73 Å². The zero-order chi connectivity index (χ0) is 18.6. The summed E-state index contributed by atoms with van der Waals surface area (Å²) >= 11 is 1.64. The third kappa shape index (κ3) is 3.60. The predicted molar refractivity (Wildman–Crippen MR) is 108 cm³/mol. The number of hydrogen-bond acceptors (Lipinski definition) is 7. The molecular formula is C20H18N6S. The van der Waals surface area contributed by atoms with Crippen molar-refractivity contribution in [1.29, 1.82) is 0 Å². The maximum absolute atomic E-state index is 5.79. The van der Waals surface area contributed by atoms with Crippen LogP contribution in [0.1, 0.15) is 16.7 Å². The molecule has 0 amide bonds. The number of aromatic nitrogens is 3. The highest BCUT2D eigenvalue weighted by Crippen LogP contribution is 2.40. The molecule has 1 aromatic carbocycles. The van der Waals surface area contributed by atoms with E-state index in [9.17, 15) is 0 Å². The van der Waals surface area contributed by atoms with E-state index in [1.807, 2.05) is 24.3 Å². The van der Waals surface area contributed by atoms with Gasteiger partial charge in [-0.2, -0.15) is 5.11 Å². The summed E-state index contributed by atoms with van der Waals surface area (Å²) in [6.45, 7) is 3.06. The molecule has 27 heavy (non-hydrogen) atoms. The number of fused-ring (bicyclic) bond motifs is 1. The van der Waals surface area contributed by atoms with Crippen LogP contribution < -0.4 is 5.73 Å². The Morgan fingerprint density at radius 1 is 1.11 bits per heavy atom. The van der Waals surface area contributed by atoms with Crippen LogP contribution in [0.5, 0.6) is 0 Å². The number of azo groups is 1. The molecule has 0 aliphatic carbocycles. The molecular weight excluding hydrogens is 356 g/mol. The molecule has 0 saturated carbocycles. The second-order valence-corrected chi connectivity index (χ2v) is 7.12. The standard InChI is InChI=1S/C20H18N6S/c1-13-17-19(27-18(13)16-6-2-4-14(8-16)9-21)20(24-12-23-17)26-25-11-15-5-3-7-22-10-15/h2-8,10,12H,9,11,21H2,1H3. The number of thiophene rings is 1. The van der Waals surface area contributed by atoms with Crippen molar-refractivity contribution in [1.82, 2.24) is 15.0 Å². The van der Waals surface area contributed by atoms with Gasteiger partial charge in [-0.15, -0.1) is 16.5 Å². The van der Waals surface area contributed by atoms with Crippen LogP contribution >= 0.6 is 11.3 Å². The van der Waals surface area contributed by atoms with E-state index in [0.717, 1.165) is 37.3 Å². The van der Waals surface area contributed by atoms with Crippen molar-refractivity contribution in [3.8, 4) is 10.4 Å². The lowest BCUT2D eigenvalue weighted by Gasteiger charge is -2.02. The van der Waals surface area contributed by atoms with Crippen LogP contribution in [0.3, 0.4) is 0 Å². The third-order valence-corrected chi connectivity index (χ3v) is 5.58. The molecule has 7 heteroatoms. The number of nitrogens with zero attached hydrogens (tertiary/aromatic N) is 5. The molecule has 4 rings (SSSR count). The molecule has 2 N–H and O–H groups in total. The molecule has 0 aliphatic heterocycles. The van der Waals surface area contributed by atoms with Gasteiger partial charge in [0, 0.05) is 23.8 Å². The fourth-order valence-electron chi connectivity index (χ4n) is 2.87. The lowest BCUT2D eigenvalue weighted by atomic mass is 10.1. The van der Waals surface area contributed by atoms with Crippen molar-refractivity contribution >= 4 is 27.4 Å². The average Bonchev–Trinajstić information content (AvgIpc) is 3.06. The Morgan fingerprint density at radius 2 is 2.00 bits per heavy atom. The summed E-state index contributed by atoms with van der Waals surface area (Å²) in [6, 6.07) is 12.1. The van der Waals surface area contributed by atoms with E-state index >= 15 is 0 Å². The number of rotatable bonds is 5. The van der Waals surface area contributed by atoms with Crippen LogP contribution in [-0.4, -0.2) is 15.0 Å². The van der Waals surface area contributed by atoms with Crippen molar-refractivity contribution < 1.29 is 0 Å². The van der Waals surface area contributed by atoms with Gasteiger partial charge in [0.2, 0.25) is 0 Å². The Balaban J connectivity index is 1.71. The Labute approximate surface area is 160 Å². The maximum atomic E-state index is 5.79. The topological polar surface area (TPSA) is 89.4 Å². The molecule has 134 valence electrons. The highest BCUT2D eigenvalue weighted by molar-refractivity contribution is 7.23. The second kappa shape index (κ2) is 7.69. The van der Waals surface area contributed by atoms with E-state index in [2.05, 4.69) is 44.2 Å². The molecule has 0 saturated heterocycles. The summed E-state index contributed by atoms with van der Waals surface area (Å²) in [5.41, 5.74) is 11.1. The molecule has 4 aromatic rings. The Bertz CT molecular complexity index is 1100. The smallest absolute Gasteiger partial charge is 0.195 e. The van der Waals surface area contributed by atoms with Crippen LogP contribution in [0.2, 0.25) is 0 Å². The van der Waals surface area contributed by atoms with Crippen molar-refractivity contribution in [3.63, 3.8) is 0 Å². The molecule has 0 aliphatic rings. The van der Waals surface area contributed by atoms with E-state index in [0.29, 0.717) is 18.9 Å². The van der Waals surface area contributed by atoms with Crippen LogP contribution in [0.25, 0.3) is 20.7 Å². The van der Waals surface area contributed by atoms with E-state index in [1.165, 1.54) is 0 Å². The van der Waals surface area contributed by atoms with E-state index < -0.39 is 0 Å². The lowest BCUT2D eigenvalue weighted by molar-refractivity contribution is 0.939. The van der Waals surface area contributed by atoms with E-state index in [-0.39, 0.29) is 0 Å². The Morgan fingerprint density at radius 3 is 2.81 bits per heavy atom. The van der Waals surface area contributed by atoms with Crippen molar-refractivity contribution in [2.75, 3.05) is 0 Å². The van der Waals surface area contributed by atoms with Crippen molar-refractivity contribution in [3.05, 3.63) is 71.8 Å². The van der Waals surface area contributed by atoms with Crippen LogP contribution in [0.4, 0.5) is 5.82 Å². The molecule has 6 nitrogen and oxygen atoms in total. The Hall–Kier alpha value is -3.03. The number of nitrogens with two attached hydrogens (primary N) is 1. The first-order valence-corrected chi connectivity index (χ1v) is 9.38. The summed E-state index contributed by atoms with van der Waals surface area (Å²) in [6.07, 6.45) is 5.07. The van der Waals surface area contributed by atoms with Gasteiger partial charge in [0.05, 0.1) is 12.1 Å². The summed E-state index contributed by atoms with van der Waals surface area (Å²) < 4.78 is 0.943. The van der Waals surface area contributed by atoms with Crippen LogP contribution in [0, 0.1) is 6.92 Å². The van der Waals surface area contributed by atoms with Crippen molar-refractivity contribution in [2.24, 2.45) is 16.0 Å². The number of benzene rings is 1. The molecule has 0 fully saturated rings. The SMILES string of the molecule is Cc1c(-c2cccc(CN)c2)sc2c(N=NCc3cccnc3)ncnc12. The zero-order valence-electron chi connectivity index (χ0n) is 14.8. The average molecular weight is 374 g/mol. The normalized spacial score (nSPS) is 11.5. The highest BCUT2D eigenvalue weighted by atomic mass is 32.1. The van der Waals surface area contributed by atoms with Crippen LogP contribution in [-0.2, 0) is 13.1 Å². The summed E-state index contributed by atoms with van der Waals surface area (Å²) in [7, 11) is 0. The molecule has 0 atom stereocenters. The lowest BCUT2D eigenvalue weighted by Crippen LogP contribution is -1.95. The van der Waals surface area contributed by atoms with Gasteiger partial charge in [-0.1, -0.05) is 24.3 Å². The molecule has 0 radical (unpaired) electrons. The zero-order valence-corrected chi connectivity index (χ0v) is 15.6. The van der Waals surface area contributed by atoms with Gasteiger partial charge in [0.25, 0.3) is 0 Å². The minimum absolute atomic E-state index is 0.467. The highest BCUT2D eigenvalue weighted by Gasteiger charge is 2.15. The van der Waals surface area contributed by atoms with Gasteiger partial charge in [-0.3, -0.25) is 4.98 Å². The quantitative estimate of drug-likeness (QED) is 0.508. The number of hydrogen-bond donors (Lipinski definition) is 1. The van der Waals surface area contributed by atoms with Gasteiger partial charge >= 0.3 is 0 Å². The minimum atomic E-state index is 0.467. The first kappa shape index (κ1) is 17.4. The largest absolute Gasteiger partial charge is 0.326 e. The molecule has 3 aromatic heterocycles. The Kier molecular flexibility index (Phi) is 4.95. The predicted octanol–water partition coefficient (Wildman–Crippen LogP) is 4.80. The fourth-order valence-corrected chi connectivity index (χ4v) is 4.06. The molecule has 0 unspecified atom stereocenters. The molecule has 0 spiro atoms. The van der Waals surface area contributed by atoms with Gasteiger partial charge in [-0.25, -0.2) is 9.97 Å². The fraction of sp³-hybridized carbons (Fsp3) is 0.150. The van der Waals surface area contributed by atoms with Crippen LogP contribution in [0.15, 0.2) is 65.3 Å². The number of aryl methyl sites for hydroxylation is 1. The maximum Gasteiger partial charge on any atom is 0.195 e. The van der Waals surface area contributed by atoms with Gasteiger partial charge in [-0.05, 0) is 41.3 Å². The summed E-state index contributed by atoms with van der Waals surface area (Å²) in [4.78, 5) is 14.0. The monoisotopic (exact) mass is 374 g/mol. The minimum Gasteiger partial charge on any atom is -0.326 e. The van der Waals surface area contributed by atoms with Gasteiger partial charge in [0.1, 0.15) is 11.0 Å². The van der Waals surface area contributed by atoms with E-state index in [1.54, 1.807) is 30.1 Å². The van der Waals surface area contributed by atoms with Gasteiger partial charge in [0.15, 0.2) is 5.82 Å². The summed E-state index contributed by atoms with van der Waals surface area (Å²) in [5.74, 6) is 0.596. The molecule has 0 bridgehead atoms. The summed E-state index contributed by atoms with van der Waals surface area (Å²) in [5, 5.41) is 8.63. The van der Waals surface area contributed by atoms with E-state index in [4.69, 9.17) is 5.73 Å². The third-order valence-electron chi connectivity index (χ3n) is 4.25. The first-order valence-electron chi connectivity index (χ1n) is 8.56.